The molecule has 5 rings (SSSR count). The zero-order valence-electron chi connectivity index (χ0n) is 26.4. The van der Waals surface area contributed by atoms with Crippen molar-refractivity contribution in [1.29, 1.82) is 0 Å². The summed E-state index contributed by atoms with van der Waals surface area (Å²) in [5.74, 6) is 9.09. The van der Waals surface area contributed by atoms with Crippen molar-refractivity contribution in [3.8, 4) is 17.1 Å². The van der Waals surface area contributed by atoms with E-state index < -0.39 is 0 Å². The van der Waals surface area contributed by atoms with Crippen LogP contribution in [0.3, 0.4) is 0 Å². The van der Waals surface area contributed by atoms with Gasteiger partial charge in [-0.25, -0.2) is 18.8 Å². The molecule has 0 aliphatic carbocycles. The zero-order chi connectivity index (χ0) is 33.0. The highest BCUT2D eigenvalue weighted by molar-refractivity contribution is 8.14. The van der Waals surface area contributed by atoms with E-state index in [0.29, 0.717) is 6.61 Å². The van der Waals surface area contributed by atoms with Gasteiger partial charge in [-0.1, -0.05) is 43.3 Å². The fraction of sp³-hybridized carbons (Fsp3) is 0.171. The van der Waals surface area contributed by atoms with Crippen molar-refractivity contribution < 1.29 is 23.8 Å². The molecule has 0 unspecified atom stereocenters. The summed E-state index contributed by atoms with van der Waals surface area (Å²) in [6, 6.07) is 32.7. The summed E-state index contributed by atoms with van der Waals surface area (Å²) < 4.78 is 32.4. The Morgan fingerprint density at radius 2 is 1.37 bits per heavy atom. The Labute approximate surface area is 273 Å². The monoisotopic (exact) mass is 649 g/mol. The molecule has 0 saturated carbocycles. The van der Waals surface area contributed by atoms with Gasteiger partial charge in [0, 0.05) is 35.6 Å². The predicted molar refractivity (Wildman–Crippen MR) is 185 cm³/mol. The number of imidazole rings is 1. The van der Waals surface area contributed by atoms with E-state index in [1.165, 1.54) is 31.2 Å². The van der Waals surface area contributed by atoms with Gasteiger partial charge in [0.15, 0.2) is 0 Å². The maximum Gasteiger partial charge on any atom is 0.302 e. The van der Waals surface area contributed by atoms with E-state index in [9.17, 15) is 13.6 Å². The lowest BCUT2D eigenvalue weighted by Gasteiger charge is -2.10. The number of halogens is 2. The highest BCUT2D eigenvalue weighted by atomic mass is 32.2. The molecule has 244 valence electrons. The molecule has 4 aromatic carbocycles. The second kappa shape index (κ2) is 21.9. The van der Waals surface area contributed by atoms with E-state index in [0.717, 1.165) is 44.8 Å². The summed E-state index contributed by atoms with van der Waals surface area (Å²) in [4.78, 5) is 18.9. The molecule has 0 amide bonds. The number of carbonyl (C=O) groups is 1. The van der Waals surface area contributed by atoms with Crippen molar-refractivity contribution in [2.45, 2.75) is 27.7 Å². The predicted octanol–water partition coefficient (Wildman–Crippen LogP) is 7.21. The smallest absolute Gasteiger partial charge is 0.302 e. The third-order valence-corrected chi connectivity index (χ3v) is 6.65. The second-order valence-electron chi connectivity index (χ2n) is 9.02. The first-order valence-corrected chi connectivity index (χ1v) is 15.2. The van der Waals surface area contributed by atoms with Gasteiger partial charge in [0.25, 0.3) is 0 Å². The Kier molecular flexibility index (Phi) is 18.8. The molecule has 5 aromatic rings. The summed E-state index contributed by atoms with van der Waals surface area (Å²) >= 11 is 1.66. The molecule has 11 heteroatoms. The Bertz CT molecular complexity index is 1580. The Balaban J connectivity index is 0.000000369. The number of thioether (sulfide) groups is 1. The number of aliphatic imine (C=N–C) groups is 1. The zero-order valence-corrected chi connectivity index (χ0v) is 27.2. The average Bonchev–Trinajstić information content (AvgIpc) is 3.45. The normalized spacial score (nSPS) is 10.0. The molecule has 0 fully saturated rings. The van der Waals surface area contributed by atoms with E-state index >= 15 is 0 Å². The molecule has 1 aromatic heterocycles. The van der Waals surface area contributed by atoms with Crippen molar-refractivity contribution >= 4 is 28.5 Å². The lowest BCUT2D eigenvalue weighted by Crippen LogP contribution is -2.02. The van der Waals surface area contributed by atoms with Crippen LogP contribution in [-0.4, -0.2) is 38.4 Å². The number of nitrogens with two attached hydrogens (primary N) is 2. The van der Waals surface area contributed by atoms with Gasteiger partial charge in [-0.15, -0.1) is 11.8 Å². The van der Waals surface area contributed by atoms with Gasteiger partial charge in [0.05, 0.1) is 12.3 Å². The molecule has 0 atom stereocenters. The SMILES string of the molecule is CCOC(C)=O.CCSC(=Nc1ccccc1)c1ccc(F)cc1.Cc1cnc(-c2ccc(F)cc2)n1-c1ccccc1.NN.O. The van der Waals surface area contributed by atoms with Gasteiger partial charge in [-0.3, -0.25) is 21.0 Å². The van der Waals surface area contributed by atoms with Crippen LogP contribution in [0.5, 0.6) is 0 Å². The van der Waals surface area contributed by atoms with Gasteiger partial charge in [-0.05, 0) is 92.4 Å². The summed E-state index contributed by atoms with van der Waals surface area (Å²) in [7, 11) is 0. The number of esters is 1. The van der Waals surface area contributed by atoms with Crippen LogP contribution < -0.4 is 11.7 Å². The van der Waals surface area contributed by atoms with Gasteiger partial charge in [0.1, 0.15) is 22.5 Å². The number of para-hydroxylation sites is 2. The van der Waals surface area contributed by atoms with E-state index in [4.69, 9.17) is 0 Å². The first-order valence-electron chi connectivity index (χ1n) is 14.2. The molecular weight excluding hydrogens is 608 g/mol. The quantitative estimate of drug-likeness (QED) is 0.0655. The largest absolute Gasteiger partial charge is 0.466 e. The standard InChI is InChI=1S/C16H13FN2.C15H14FNS.C4H8O2.H4N2.H2O/c1-12-11-18-16(13-7-9-14(17)10-8-13)19(12)15-5-3-2-4-6-15;1-2-18-15(12-8-10-13(16)11-9-12)17-14-6-4-3-5-7-14;1-3-6-4(2)5;1-2;/h2-11H,1H3;3-11H,2H2,1H3;3H2,1-2H3;1-2H2;1H2. The van der Waals surface area contributed by atoms with Gasteiger partial charge in [-0.2, -0.15) is 0 Å². The number of carbonyl (C=O) groups excluding carboxylic acids is 1. The summed E-state index contributed by atoms with van der Waals surface area (Å²) in [5, 5.41) is 0.920. The minimum atomic E-state index is -0.238. The molecule has 8 nitrogen and oxygen atoms in total. The van der Waals surface area contributed by atoms with Crippen LogP contribution in [0, 0.1) is 18.6 Å². The number of aryl methyl sites for hydroxylation is 1. The molecular formula is C35H41F2N5O3S. The van der Waals surface area contributed by atoms with Crippen molar-refractivity contribution in [1.82, 2.24) is 9.55 Å². The summed E-state index contributed by atoms with van der Waals surface area (Å²) in [6.45, 7) is 7.74. The van der Waals surface area contributed by atoms with Crippen LogP contribution in [0.25, 0.3) is 17.1 Å². The maximum atomic E-state index is 13.0. The Morgan fingerprint density at radius 1 is 0.848 bits per heavy atom. The van der Waals surface area contributed by atoms with Gasteiger partial charge < -0.3 is 10.2 Å². The number of benzene rings is 4. The fourth-order valence-electron chi connectivity index (χ4n) is 3.88. The minimum Gasteiger partial charge on any atom is -0.466 e. The van der Waals surface area contributed by atoms with Crippen molar-refractivity contribution in [3.05, 3.63) is 138 Å². The third kappa shape index (κ3) is 13.1. The molecule has 0 bridgehead atoms. The van der Waals surface area contributed by atoms with Crippen LogP contribution in [0.1, 0.15) is 32.0 Å². The minimum absolute atomic E-state index is 0. The number of hydrogen-bond acceptors (Lipinski definition) is 7. The van der Waals surface area contributed by atoms with Crippen molar-refractivity contribution in [2.24, 2.45) is 16.7 Å². The number of hydrogen-bond donors (Lipinski definition) is 2. The van der Waals surface area contributed by atoms with Gasteiger partial charge in [0.2, 0.25) is 0 Å². The topological polar surface area (TPSA) is 140 Å². The number of nitrogens with zero attached hydrogens (tertiary/aromatic N) is 3. The van der Waals surface area contributed by atoms with E-state index in [2.05, 4.69) is 37.9 Å². The number of ether oxygens (including phenoxy) is 1. The van der Waals surface area contributed by atoms with E-state index in [-0.39, 0.29) is 23.1 Å². The number of aromatic nitrogens is 2. The molecule has 46 heavy (non-hydrogen) atoms. The third-order valence-electron chi connectivity index (χ3n) is 5.76. The highest BCUT2D eigenvalue weighted by Crippen LogP contribution is 2.24. The first kappa shape index (κ1) is 39.3. The molecule has 1 heterocycles. The van der Waals surface area contributed by atoms with E-state index in [1.54, 1.807) is 43.0 Å². The Morgan fingerprint density at radius 3 is 1.85 bits per heavy atom. The number of hydrazine groups is 1. The second-order valence-corrected chi connectivity index (χ2v) is 10.3. The van der Waals surface area contributed by atoms with Crippen LogP contribution in [0.15, 0.2) is 120 Å². The fourth-order valence-corrected chi connectivity index (χ4v) is 4.62. The van der Waals surface area contributed by atoms with Crippen LogP contribution >= 0.6 is 11.8 Å². The highest BCUT2D eigenvalue weighted by Gasteiger charge is 2.11. The molecule has 6 N–H and O–H groups in total. The lowest BCUT2D eigenvalue weighted by molar-refractivity contribution is -0.140. The first-order chi connectivity index (χ1) is 21.8. The van der Waals surface area contributed by atoms with Crippen LogP contribution in [0.4, 0.5) is 14.5 Å². The molecule has 0 radical (unpaired) electrons. The molecule has 0 aliphatic rings. The average molecular weight is 650 g/mol. The van der Waals surface area contributed by atoms with Gasteiger partial charge >= 0.3 is 5.97 Å². The Hall–Kier alpha value is -4.68. The molecule has 0 aliphatic heterocycles. The van der Waals surface area contributed by atoms with Crippen LogP contribution in [-0.2, 0) is 9.53 Å². The van der Waals surface area contributed by atoms with E-state index in [1.807, 2.05) is 73.8 Å². The molecule has 0 saturated heterocycles. The summed E-state index contributed by atoms with van der Waals surface area (Å²) in [5.41, 5.74) is 4.87. The van der Waals surface area contributed by atoms with Crippen LogP contribution in [0.2, 0.25) is 0 Å². The van der Waals surface area contributed by atoms with Crippen molar-refractivity contribution in [3.63, 3.8) is 0 Å². The molecule has 0 spiro atoms. The van der Waals surface area contributed by atoms with Crippen molar-refractivity contribution in [2.75, 3.05) is 12.4 Å². The lowest BCUT2D eigenvalue weighted by atomic mass is 10.2. The maximum absolute atomic E-state index is 13.0. The number of rotatable bonds is 6. The summed E-state index contributed by atoms with van der Waals surface area (Å²) in [6.07, 6.45) is 1.83.